The van der Waals surface area contributed by atoms with Gasteiger partial charge in [-0.05, 0) is 13.2 Å². The fourth-order valence-corrected chi connectivity index (χ4v) is 3.11. The maximum atomic E-state index is 11.8. The number of aryl methyl sites for hydroxylation is 1. The van der Waals surface area contributed by atoms with Crippen LogP contribution in [0.5, 0.6) is 0 Å². The standard InChI is InChI=1S/C12H15N3O2S2/c1-8-11(14-7-17-8)12(16)13-4-3-9-5-19-10(15-9)6-18-2/h5,7H,3-4,6H2,1-2H3,(H,13,16). The number of oxazole rings is 1. The number of rotatable bonds is 6. The van der Waals surface area contributed by atoms with Crippen molar-refractivity contribution >= 4 is 29.0 Å². The largest absolute Gasteiger partial charge is 0.448 e. The number of hydrogen-bond donors (Lipinski definition) is 1. The lowest BCUT2D eigenvalue weighted by atomic mass is 10.3. The molecule has 0 aliphatic rings. The molecular weight excluding hydrogens is 282 g/mol. The second-order valence-electron chi connectivity index (χ2n) is 3.93. The van der Waals surface area contributed by atoms with Gasteiger partial charge in [-0.3, -0.25) is 4.79 Å². The number of carbonyl (C=O) groups is 1. The number of thioether (sulfide) groups is 1. The normalized spacial score (nSPS) is 10.6. The quantitative estimate of drug-likeness (QED) is 0.886. The second-order valence-corrected chi connectivity index (χ2v) is 5.74. The molecule has 0 spiro atoms. The highest BCUT2D eigenvalue weighted by atomic mass is 32.2. The number of nitrogens with zero attached hydrogens (tertiary/aromatic N) is 2. The summed E-state index contributed by atoms with van der Waals surface area (Å²) >= 11 is 3.42. The van der Waals surface area contributed by atoms with Crippen LogP contribution in [0.25, 0.3) is 0 Å². The first kappa shape index (κ1) is 14.1. The third-order valence-electron chi connectivity index (χ3n) is 2.49. The molecule has 1 N–H and O–H groups in total. The van der Waals surface area contributed by atoms with Gasteiger partial charge in [0.1, 0.15) is 10.8 Å². The molecule has 0 fully saturated rings. The summed E-state index contributed by atoms with van der Waals surface area (Å²) in [5.41, 5.74) is 1.37. The highest BCUT2D eigenvalue weighted by molar-refractivity contribution is 7.97. The van der Waals surface area contributed by atoms with E-state index in [9.17, 15) is 4.79 Å². The highest BCUT2D eigenvalue weighted by Crippen LogP contribution is 2.15. The molecule has 0 saturated heterocycles. The molecule has 7 heteroatoms. The minimum Gasteiger partial charge on any atom is -0.448 e. The van der Waals surface area contributed by atoms with E-state index in [0.29, 0.717) is 18.0 Å². The smallest absolute Gasteiger partial charge is 0.273 e. The van der Waals surface area contributed by atoms with E-state index in [-0.39, 0.29) is 5.91 Å². The van der Waals surface area contributed by atoms with Gasteiger partial charge in [0.15, 0.2) is 12.1 Å². The van der Waals surface area contributed by atoms with Crippen molar-refractivity contribution in [2.45, 2.75) is 19.1 Å². The molecule has 2 heterocycles. The van der Waals surface area contributed by atoms with Crippen LogP contribution < -0.4 is 5.32 Å². The van der Waals surface area contributed by atoms with Gasteiger partial charge < -0.3 is 9.73 Å². The Balaban J connectivity index is 1.80. The molecule has 1 amide bonds. The van der Waals surface area contributed by atoms with Gasteiger partial charge in [0.2, 0.25) is 0 Å². The van der Waals surface area contributed by atoms with Gasteiger partial charge in [0.05, 0.1) is 5.69 Å². The zero-order valence-corrected chi connectivity index (χ0v) is 12.4. The first-order chi connectivity index (χ1) is 9.20. The van der Waals surface area contributed by atoms with E-state index in [1.54, 1.807) is 30.0 Å². The number of aromatic nitrogens is 2. The number of carbonyl (C=O) groups excluding carboxylic acids is 1. The molecule has 0 radical (unpaired) electrons. The average Bonchev–Trinajstić information content (AvgIpc) is 2.99. The van der Waals surface area contributed by atoms with E-state index >= 15 is 0 Å². The average molecular weight is 297 g/mol. The van der Waals surface area contributed by atoms with Gasteiger partial charge in [0, 0.05) is 24.1 Å². The van der Waals surface area contributed by atoms with Crippen LogP contribution in [0.1, 0.15) is 27.0 Å². The molecule has 0 bridgehead atoms. The molecule has 0 aromatic carbocycles. The van der Waals surface area contributed by atoms with Gasteiger partial charge >= 0.3 is 0 Å². The van der Waals surface area contributed by atoms with Gasteiger partial charge in [-0.1, -0.05) is 0 Å². The van der Waals surface area contributed by atoms with Gasteiger partial charge in [-0.15, -0.1) is 11.3 Å². The van der Waals surface area contributed by atoms with Crippen LogP contribution in [-0.2, 0) is 12.2 Å². The molecule has 5 nitrogen and oxygen atoms in total. The minimum atomic E-state index is -0.203. The fourth-order valence-electron chi connectivity index (χ4n) is 1.56. The predicted octanol–water partition coefficient (Wildman–Crippen LogP) is 2.28. The summed E-state index contributed by atoms with van der Waals surface area (Å²) in [6, 6.07) is 0. The van der Waals surface area contributed by atoms with E-state index in [1.807, 2.05) is 5.38 Å². The molecule has 2 rings (SSSR count). The summed E-state index contributed by atoms with van der Waals surface area (Å²) in [6.45, 7) is 2.27. The minimum absolute atomic E-state index is 0.203. The van der Waals surface area contributed by atoms with E-state index in [2.05, 4.69) is 21.5 Å². The Bertz CT molecular complexity index is 551. The third-order valence-corrected chi connectivity index (χ3v) is 4.14. The zero-order valence-electron chi connectivity index (χ0n) is 10.8. The monoisotopic (exact) mass is 297 g/mol. The van der Waals surface area contributed by atoms with Crippen LogP contribution in [0.2, 0.25) is 0 Å². The molecule has 0 aliphatic carbocycles. The Morgan fingerprint density at radius 1 is 1.58 bits per heavy atom. The number of amides is 1. The van der Waals surface area contributed by atoms with Crippen molar-refractivity contribution in [3.63, 3.8) is 0 Å². The summed E-state index contributed by atoms with van der Waals surface area (Å²) in [7, 11) is 0. The van der Waals surface area contributed by atoms with Crippen molar-refractivity contribution in [3.8, 4) is 0 Å². The lowest BCUT2D eigenvalue weighted by Gasteiger charge is -2.01. The summed E-state index contributed by atoms with van der Waals surface area (Å²) in [4.78, 5) is 20.1. The van der Waals surface area contributed by atoms with E-state index in [4.69, 9.17) is 4.42 Å². The van der Waals surface area contributed by atoms with Crippen LogP contribution in [0.15, 0.2) is 16.2 Å². The maximum absolute atomic E-state index is 11.8. The van der Waals surface area contributed by atoms with Crippen LogP contribution in [0, 0.1) is 6.92 Å². The number of thiazole rings is 1. The zero-order chi connectivity index (χ0) is 13.7. The van der Waals surface area contributed by atoms with Gasteiger partial charge in [-0.25, -0.2) is 9.97 Å². The number of nitrogens with one attached hydrogen (secondary N) is 1. The maximum Gasteiger partial charge on any atom is 0.273 e. The Labute approximate surface area is 119 Å². The van der Waals surface area contributed by atoms with Crippen molar-refractivity contribution in [2.24, 2.45) is 0 Å². The first-order valence-corrected chi connectivity index (χ1v) is 8.08. The Hall–Kier alpha value is -1.34. The van der Waals surface area contributed by atoms with E-state index < -0.39 is 0 Å². The fraction of sp³-hybridized carbons (Fsp3) is 0.417. The topological polar surface area (TPSA) is 68.0 Å². The lowest BCUT2D eigenvalue weighted by molar-refractivity contribution is 0.0948. The molecular formula is C12H15N3O2S2. The molecule has 0 aliphatic heterocycles. The SMILES string of the molecule is CSCc1nc(CCNC(=O)c2ncoc2C)cs1. The Kier molecular flexibility index (Phi) is 4.98. The van der Waals surface area contributed by atoms with Gasteiger partial charge in [-0.2, -0.15) is 11.8 Å². The second kappa shape index (κ2) is 6.72. The molecule has 2 aromatic heterocycles. The van der Waals surface area contributed by atoms with E-state index in [1.165, 1.54) is 6.39 Å². The molecule has 0 atom stereocenters. The Morgan fingerprint density at radius 2 is 2.42 bits per heavy atom. The van der Waals surface area contributed by atoms with E-state index in [0.717, 1.165) is 22.9 Å². The predicted molar refractivity (Wildman–Crippen MR) is 76.6 cm³/mol. The van der Waals surface area contributed by atoms with Crippen LogP contribution in [-0.4, -0.2) is 28.7 Å². The molecule has 102 valence electrons. The summed E-state index contributed by atoms with van der Waals surface area (Å²) in [5, 5.41) is 5.98. The van der Waals surface area contributed by atoms with Crippen molar-refractivity contribution < 1.29 is 9.21 Å². The van der Waals surface area contributed by atoms with Crippen molar-refractivity contribution in [3.05, 3.63) is 33.9 Å². The molecule has 19 heavy (non-hydrogen) atoms. The number of hydrogen-bond acceptors (Lipinski definition) is 6. The van der Waals surface area contributed by atoms with Crippen LogP contribution in [0.3, 0.4) is 0 Å². The van der Waals surface area contributed by atoms with Crippen molar-refractivity contribution in [2.75, 3.05) is 12.8 Å². The van der Waals surface area contributed by atoms with Crippen molar-refractivity contribution in [1.82, 2.24) is 15.3 Å². The molecule has 2 aromatic rings. The summed E-state index contributed by atoms with van der Waals surface area (Å²) in [5.74, 6) is 1.27. The van der Waals surface area contributed by atoms with Crippen LogP contribution >= 0.6 is 23.1 Å². The van der Waals surface area contributed by atoms with Gasteiger partial charge in [0.25, 0.3) is 5.91 Å². The van der Waals surface area contributed by atoms with Crippen molar-refractivity contribution in [1.29, 1.82) is 0 Å². The summed E-state index contributed by atoms with van der Waals surface area (Å²) < 4.78 is 5.00. The van der Waals surface area contributed by atoms with Crippen LogP contribution in [0.4, 0.5) is 0 Å². The lowest BCUT2D eigenvalue weighted by Crippen LogP contribution is -2.26. The highest BCUT2D eigenvalue weighted by Gasteiger charge is 2.12. The molecule has 0 unspecified atom stereocenters. The summed E-state index contributed by atoms with van der Waals surface area (Å²) in [6.07, 6.45) is 4.06. The molecule has 0 saturated carbocycles. The Morgan fingerprint density at radius 3 is 3.11 bits per heavy atom. The third kappa shape index (κ3) is 3.81. The first-order valence-electron chi connectivity index (χ1n) is 5.81.